The van der Waals surface area contributed by atoms with E-state index in [9.17, 15) is 18.0 Å². The normalized spacial score (nSPS) is 16.6. The lowest BCUT2D eigenvalue weighted by atomic mass is 10.1. The van der Waals surface area contributed by atoms with E-state index in [0.717, 1.165) is 16.8 Å². The fraction of sp³-hybridized carbons (Fsp3) is 0.174. The smallest absolute Gasteiger partial charge is 0.343 e. The second-order valence-corrected chi connectivity index (χ2v) is 10.6. The van der Waals surface area contributed by atoms with Gasteiger partial charge in [0.25, 0.3) is 5.91 Å². The van der Waals surface area contributed by atoms with Crippen LogP contribution in [0.25, 0.3) is 6.08 Å². The Morgan fingerprint density at radius 2 is 1.89 bits per heavy atom. The molecule has 0 bridgehead atoms. The minimum absolute atomic E-state index is 0.0161. The monoisotopic (exact) mass is 512 g/mol. The molecule has 2 heterocycles. The third-order valence-electron chi connectivity index (χ3n) is 4.87. The van der Waals surface area contributed by atoms with Gasteiger partial charge in [-0.1, -0.05) is 31.2 Å². The van der Waals surface area contributed by atoms with E-state index in [1.165, 1.54) is 19.1 Å². The van der Waals surface area contributed by atoms with Crippen molar-refractivity contribution in [3.8, 4) is 11.5 Å². The Kier molecular flexibility index (Phi) is 6.85. The van der Waals surface area contributed by atoms with Crippen LogP contribution in [0.4, 0.5) is 0 Å². The van der Waals surface area contributed by atoms with Gasteiger partial charge >= 0.3 is 5.97 Å². The van der Waals surface area contributed by atoms with Gasteiger partial charge < -0.3 is 9.47 Å². The van der Waals surface area contributed by atoms with Crippen LogP contribution in [-0.4, -0.2) is 53.0 Å². The molecule has 2 aromatic rings. The van der Waals surface area contributed by atoms with Gasteiger partial charge in [0.05, 0.1) is 23.5 Å². The molecular formula is C23H20N4O6S2. The lowest BCUT2D eigenvalue weighted by molar-refractivity contribution is -0.114. The average molecular weight is 513 g/mol. The molecule has 35 heavy (non-hydrogen) atoms. The quantitative estimate of drug-likeness (QED) is 0.353. The zero-order valence-electron chi connectivity index (χ0n) is 18.7. The Morgan fingerprint density at radius 1 is 1.14 bits per heavy atom. The van der Waals surface area contributed by atoms with Crippen LogP contribution >= 0.6 is 11.8 Å². The van der Waals surface area contributed by atoms with Crippen LogP contribution in [0.5, 0.6) is 11.5 Å². The molecule has 4 rings (SSSR count). The third-order valence-corrected chi connectivity index (χ3v) is 7.96. The summed E-state index contributed by atoms with van der Waals surface area (Å²) in [6.07, 6.45) is 1.42. The van der Waals surface area contributed by atoms with E-state index >= 15 is 0 Å². The highest BCUT2D eigenvalue weighted by Gasteiger charge is 2.39. The minimum Gasteiger partial charge on any atom is -0.490 e. The van der Waals surface area contributed by atoms with Crippen LogP contribution < -0.4 is 9.47 Å². The minimum atomic E-state index is -3.62. The second kappa shape index (κ2) is 9.84. The van der Waals surface area contributed by atoms with Gasteiger partial charge in [0, 0.05) is 0 Å². The molecule has 0 atom stereocenters. The van der Waals surface area contributed by atoms with Crippen LogP contribution in [0, 0.1) is 5.41 Å². The number of rotatable bonds is 6. The van der Waals surface area contributed by atoms with Crippen molar-refractivity contribution in [2.75, 3.05) is 12.4 Å². The first-order chi connectivity index (χ1) is 16.7. The molecule has 0 spiro atoms. The fourth-order valence-corrected chi connectivity index (χ4v) is 5.25. The number of nitrogens with one attached hydrogen (secondary N) is 1. The second-order valence-electron chi connectivity index (χ2n) is 7.18. The highest BCUT2D eigenvalue weighted by Crippen LogP contribution is 2.33. The number of hydrogen-bond acceptors (Lipinski definition) is 9. The van der Waals surface area contributed by atoms with Gasteiger partial charge in [0.15, 0.2) is 17.3 Å². The summed E-state index contributed by atoms with van der Waals surface area (Å²) in [5, 5.41) is 13.4. The number of esters is 1. The van der Waals surface area contributed by atoms with E-state index in [-0.39, 0.29) is 38.2 Å². The summed E-state index contributed by atoms with van der Waals surface area (Å²) < 4.78 is 35.2. The molecule has 0 aromatic heterocycles. The molecule has 0 radical (unpaired) electrons. The summed E-state index contributed by atoms with van der Waals surface area (Å²) in [5.41, 5.74) is 0.784. The Balaban J connectivity index is 1.63. The summed E-state index contributed by atoms with van der Waals surface area (Å²) in [7, 11) is -3.62. The van der Waals surface area contributed by atoms with Crippen molar-refractivity contribution >= 4 is 54.9 Å². The summed E-state index contributed by atoms with van der Waals surface area (Å²) in [5.74, 6) is -1.24. The molecule has 0 aliphatic carbocycles. The number of ether oxygens (including phenoxy) is 2. The van der Waals surface area contributed by atoms with E-state index in [0.29, 0.717) is 17.7 Å². The predicted molar refractivity (Wildman–Crippen MR) is 133 cm³/mol. The number of carbonyl (C=O) groups is 2. The Labute approximate surface area is 205 Å². The van der Waals surface area contributed by atoms with E-state index < -0.39 is 21.7 Å². The molecule has 1 N–H and O–H groups in total. The molecule has 2 aliphatic heterocycles. The highest BCUT2D eigenvalue weighted by molar-refractivity contribution is 8.42. The van der Waals surface area contributed by atoms with Crippen molar-refractivity contribution < 1.29 is 27.5 Å². The molecule has 2 aliphatic rings. The van der Waals surface area contributed by atoms with E-state index in [4.69, 9.17) is 14.9 Å². The number of thioether (sulfide) groups is 1. The number of carbonyl (C=O) groups excluding carboxylic acids is 2. The molecule has 10 nitrogen and oxygen atoms in total. The van der Waals surface area contributed by atoms with Crippen molar-refractivity contribution in [2.45, 2.75) is 13.8 Å². The molecule has 0 saturated carbocycles. The van der Waals surface area contributed by atoms with Gasteiger partial charge in [-0.25, -0.2) is 13.2 Å². The lowest BCUT2D eigenvalue weighted by Gasteiger charge is -2.20. The first-order valence-corrected chi connectivity index (χ1v) is 13.0. The highest BCUT2D eigenvalue weighted by atomic mass is 32.3. The Hall–Kier alpha value is -3.77. The summed E-state index contributed by atoms with van der Waals surface area (Å²) in [6.45, 7) is 3.55. The van der Waals surface area contributed by atoms with Crippen molar-refractivity contribution in [1.82, 2.24) is 5.01 Å². The largest absolute Gasteiger partial charge is 0.490 e. The van der Waals surface area contributed by atoms with Gasteiger partial charge in [-0.15, -0.1) is 5.10 Å². The number of amidine groups is 2. The third kappa shape index (κ3) is 5.03. The van der Waals surface area contributed by atoms with Gasteiger partial charge in [-0.05, 0) is 54.6 Å². The number of sulfone groups is 1. The lowest BCUT2D eigenvalue weighted by Crippen LogP contribution is -2.35. The van der Waals surface area contributed by atoms with Gasteiger partial charge in [-0.3, -0.25) is 10.2 Å². The standard InChI is InChI=1S/C23H20N4O6S2/c1-3-32-18-13-14(10-11-17(18)33-21(29)15-8-6-5-7-9-15)12-16-19(24)27-22(25-20(16)28)34-23(26-27)35(30,31)4-2/h5-13,24H,3-4H2,1-2H3. The summed E-state index contributed by atoms with van der Waals surface area (Å²) in [6, 6.07) is 13.2. The first kappa shape index (κ1) is 24.4. The van der Waals surface area contributed by atoms with Crippen molar-refractivity contribution in [3.63, 3.8) is 0 Å². The van der Waals surface area contributed by atoms with Gasteiger partial charge in [0.2, 0.25) is 19.4 Å². The van der Waals surface area contributed by atoms with E-state index in [1.54, 1.807) is 49.4 Å². The number of aliphatic imine (C=N–C) groups is 1. The SMILES string of the molecule is CCOc1cc(C=C2C(=N)N3N=C(S(=O)(=O)CC)SC3=NC2=O)ccc1OC(=O)c1ccccc1. The number of benzene rings is 2. The number of amides is 1. The topological polar surface area (TPSA) is 139 Å². The first-order valence-electron chi connectivity index (χ1n) is 10.5. The average Bonchev–Trinajstić information content (AvgIpc) is 3.29. The number of nitrogens with zero attached hydrogens (tertiary/aromatic N) is 3. The molecule has 0 fully saturated rings. The maximum Gasteiger partial charge on any atom is 0.343 e. The number of hydrogen-bond donors (Lipinski definition) is 1. The van der Waals surface area contributed by atoms with Crippen LogP contribution in [-0.2, 0) is 14.6 Å². The summed E-state index contributed by atoms with van der Waals surface area (Å²) in [4.78, 5) is 29.0. The molecule has 2 aromatic carbocycles. The number of hydrazone groups is 1. The maximum atomic E-state index is 12.6. The van der Waals surface area contributed by atoms with E-state index in [2.05, 4.69) is 10.1 Å². The molecule has 0 saturated heterocycles. The van der Waals surface area contributed by atoms with Gasteiger partial charge in [0.1, 0.15) is 0 Å². The molecule has 0 unspecified atom stereocenters. The Bertz CT molecular complexity index is 1410. The van der Waals surface area contributed by atoms with E-state index in [1.807, 2.05) is 0 Å². The number of fused-ring (bicyclic) bond motifs is 1. The fourth-order valence-electron chi connectivity index (χ4n) is 3.09. The Morgan fingerprint density at radius 3 is 2.57 bits per heavy atom. The van der Waals surface area contributed by atoms with Crippen LogP contribution in [0.1, 0.15) is 29.8 Å². The zero-order chi connectivity index (χ0) is 25.2. The molecule has 180 valence electrons. The molecular weight excluding hydrogens is 492 g/mol. The molecule has 1 amide bonds. The maximum absolute atomic E-state index is 12.6. The van der Waals surface area contributed by atoms with Crippen molar-refractivity contribution in [2.24, 2.45) is 10.1 Å². The van der Waals surface area contributed by atoms with Crippen LogP contribution in [0.15, 0.2) is 64.2 Å². The summed E-state index contributed by atoms with van der Waals surface area (Å²) >= 11 is 0.737. The zero-order valence-corrected chi connectivity index (χ0v) is 20.4. The van der Waals surface area contributed by atoms with Crippen molar-refractivity contribution in [3.05, 3.63) is 65.2 Å². The van der Waals surface area contributed by atoms with Gasteiger partial charge in [-0.2, -0.15) is 10.0 Å². The van der Waals surface area contributed by atoms with Crippen molar-refractivity contribution in [1.29, 1.82) is 5.41 Å². The molecule has 12 heteroatoms. The van der Waals surface area contributed by atoms with Crippen LogP contribution in [0.2, 0.25) is 0 Å². The predicted octanol–water partition coefficient (Wildman–Crippen LogP) is 3.32. The van der Waals surface area contributed by atoms with Crippen LogP contribution in [0.3, 0.4) is 0 Å².